The largest absolute Gasteiger partial charge is 0.416 e. The van der Waals surface area contributed by atoms with Crippen LogP contribution in [0.3, 0.4) is 0 Å². The number of carbonyl (C=O) groups excluding carboxylic acids is 1. The highest BCUT2D eigenvalue weighted by Crippen LogP contribution is 2.37. The van der Waals surface area contributed by atoms with Gasteiger partial charge in [-0.2, -0.15) is 13.2 Å². The molecule has 2 aliphatic heterocycles. The number of hydrogen-bond acceptors (Lipinski definition) is 5. The molecule has 36 heavy (non-hydrogen) atoms. The van der Waals surface area contributed by atoms with Gasteiger partial charge in [-0.25, -0.2) is 4.98 Å². The number of amides is 1. The average Bonchev–Trinajstić information content (AvgIpc) is 3.55. The van der Waals surface area contributed by atoms with E-state index >= 15 is 0 Å². The molecule has 4 rings (SSSR count). The highest BCUT2D eigenvalue weighted by Gasteiger charge is 2.32. The minimum absolute atomic E-state index is 0.162. The first-order valence-corrected chi connectivity index (χ1v) is 13.3. The molecule has 2 saturated heterocycles. The number of thiocarbonyl (C=S) groups is 1. The number of anilines is 2. The molecule has 2 fully saturated rings. The van der Waals surface area contributed by atoms with Crippen LogP contribution in [0.15, 0.2) is 35.7 Å². The lowest BCUT2D eigenvalue weighted by atomic mass is 9.98. The van der Waals surface area contributed by atoms with Gasteiger partial charge in [-0.1, -0.05) is 12.2 Å². The van der Waals surface area contributed by atoms with Crippen LogP contribution in [-0.2, 0) is 6.18 Å². The lowest BCUT2D eigenvalue weighted by Gasteiger charge is -2.33. The standard InChI is InChI=1S/C25H30F3N5OS2/c1-16(2)14-29-24(35)33-11-7-17(8-12-33)23-31-20(15-36-23)22(34)30-19-13-18(25(26,27)28)5-6-21(19)32-9-3-4-10-32/h5-6,13,15,17H,1,3-4,7-12,14H2,2H3,(H,29,35)(H,30,34). The van der Waals surface area contributed by atoms with Gasteiger partial charge >= 0.3 is 6.18 Å². The molecule has 0 radical (unpaired) electrons. The molecule has 2 aromatic rings. The maximum atomic E-state index is 13.3. The Morgan fingerprint density at radius 2 is 1.92 bits per heavy atom. The van der Waals surface area contributed by atoms with E-state index in [1.807, 2.05) is 11.8 Å². The summed E-state index contributed by atoms with van der Waals surface area (Å²) in [5, 5.41) is 9.16. The van der Waals surface area contributed by atoms with Gasteiger partial charge in [0.15, 0.2) is 5.11 Å². The van der Waals surface area contributed by atoms with Crippen molar-refractivity contribution < 1.29 is 18.0 Å². The third-order valence-electron chi connectivity index (χ3n) is 6.45. The zero-order valence-corrected chi connectivity index (χ0v) is 21.8. The Morgan fingerprint density at radius 3 is 2.56 bits per heavy atom. The van der Waals surface area contributed by atoms with Crippen molar-refractivity contribution in [3.05, 3.63) is 52.0 Å². The summed E-state index contributed by atoms with van der Waals surface area (Å²) in [6, 6.07) is 3.52. The van der Waals surface area contributed by atoms with Crippen molar-refractivity contribution in [2.24, 2.45) is 0 Å². The molecule has 0 spiro atoms. The summed E-state index contributed by atoms with van der Waals surface area (Å²) < 4.78 is 40.0. The second kappa shape index (κ2) is 11.2. The monoisotopic (exact) mass is 537 g/mol. The van der Waals surface area contributed by atoms with E-state index in [2.05, 4.69) is 27.1 Å². The number of halogens is 3. The summed E-state index contributed by atoms with van der Waals surface area (Å²) in [5.74, 6) is -0.287. The zero-order valence-electron chi connectivity index (χ0n) is 20.2. The predicted molar refractivity (Wildman–Crippen MR) is 142 cm³/mol. The number of rotatable bonds is 6. The van der Waals surface area contributed by atoms with Crippen LogP contribution in [0.2, 0.25) is 0 Å². The smallest absolute Gasteiger partial charge is 0.370 e. The summed E-state index contributed by atoms with van der Waals surface area (Å²) in [4.78, 5) is 21.7. The van der Waals surface area contributed by atoms with Gasteiger partial charge in [-0.3, -0.25) is 4.79 Å². The van der Waals surface area contributed by atoms with E-state index in [9.17, 15) is 18.0 Å². The molecule has 0 bridgehead atoms. The van der Waals surface area contributed by atoms with E-state index in [1.54, 1.807) is 5.38 Å². The van der Waals surface area contributed by atoms with Crippen molar-refractivity contribution in [3.8, 4) is 0 Å². The van der Waals surface area contributed by atoms with Crippen LogP contribution < -0.4 is 15.5 Å². The molecular weight excluding hydrogens is 507 g/mol. The number of nitrogens with zero attached hydrogens (tertiary/aromatic N) is 3. The minimum Gasteiger partial charge on any atom is -0.370 e. The SMILES string of the molecule is C=C(C)CNC(=S)N1CCC(c2nc(C(=O)Nc3cc(C(F)(F)F)ccc3N3CCCC3)cs2)CC1. The van der Waals surface area contributed by atoms with Crippen LogP contribution >= 0.6 is 23.6 Å². The van der Waals surface area contributed by atoms with E-state index in [4.69, 9.17) is 12.2 Å². The van der Waals surface area contributed by atoms with Gasteiger partial charge in [0.1, 0.15) is 5.69 Å². The summed E-state index contributed by atoms with van der Waals surface area (Å²) in [7, 11) is 0. The average molecular weight is 538 g/mol. The molecule has 0 aliphatic carbocycles. The van der Waals surface area contributed by atoms with Crippen molar-refractivity contribution >= 4 is 45.9 Å². The molecule has 0 unspecified atom stereocenters. The highest BCUT2D eigenvalue weighted by molar-refractivity contribution is 7.80. The Morgan fingerprint density at radius 1 is 1.22 bits per heavy atom. The Labute approximate surface area is 218 Å². The normalized spacial score (nSPS) is 16.8. The van der Waals surface area contributed by atoms with Gasteiger partial charge in [0.05, 0.1) is 21.9 Å². The summed E-state index contributed by atoms with van der Waals surface area (Å²) in [6.45, 7) is 9.54. The molecule has 0 saturated carbocycles. The van der Waals surface area contributed by atoms with Gasteiger partial charge in [0.2, 0.25) is 0 Å². The van der Waals surface area contributed by atoms with E-state index in [0.717, 1.165) is 74.6 Å². The number of likely N-dealkylation sites (tertiary alicyclic amines) is 1. The first-order chi connectivity index (χ1) is 17.1. The number of hydrogen-bond donors (Lipinski definition) is 2. The fourth-order valence-electron chi connectivity index (χ4n) is 4.48. The molecule has 1 amide bonds. The van der Waals surface area contributed by atoms with Gasteiger partial charge in [0, 0.05) is 44.0 Å². The topological polar surface area (TPSA) is 60.5 Å². The van der Waals surface area contributed by atoms with Crippen LogP contribution in [-0.4, -0.2) is 53.6 Å². The quantitative estimate of drug-likeness (QED) is 0.367. The second-order valence-corrected chi connectivity index (χ2v) is 10.6. The molecule has 194 valence electrons. The van der Waals surface area contributed by atoms with E-state index in [-0.39, 0.29) is 17.3 Å². The molecular formula is C25H30F3N5OS2. The molecule has 6 nitrogen and oxygen atoms in total. The number of aromatic nitrogens is 1. The first-order valence-electron chi connectivity index (χ1n) is 12.0. The van der Waals surface area contributed by atoms with E-state index < -0.39 is 17.6 Å². The Balaban J connectivity index is 1.42. The summed E-state index contributed by atoms with van der Waals surface area (Å²) in [6.07, 6.45) is -0.838. The van der Waals surface area contributed by atoms with Crippen LogP contribution in [0.4, 0.5) is 24.5 Å². The molecule has 11 heteroatoms. The fourth-order valence-corrected chi connectivity index (χ4v) is 5.71. The van der Waals surface area contributed by atoms with Gasteiger partial charge < -0.3 is 20.4 Å². The third kappa shape index (κ3) is 6.36. The van der Waals surface area contributed by atoms with E-state index in [1.165, 1.54) is 17.4 Å². The molecule has 3 heterocycles. The van der Waals surface area contributed by atoms with Crippen molar-refractivity contribution in [1.29, 1.82) is 0 Å². The van der Waals surface area contributed by atoms with Crippen molar-refractivity contribution in [2.45, 2.75) is 44.7 Å². The van der Waals surface area contributed by atoms with Crippen molar-refractivity contribution in [1.82, 2.24) is 15.2 Å². The van der Waals surface area contributed by atoms with Gasteiger partial charge in [0.25, 0.3) is 5.91 Å². The third-order valence-corrected chi connectivity index (χ3v) is 7.86. The maximum absolute atomic E-state index is 13.3. The number of nitrogens with one attached hydrogen (secondary N) is 2. The first kappa shape index (κ1) is 26.4. The Kier molecular flexibility index (Phi) is 8.19. The zero-order chi connectivity index (χ0) is 25.9. The molecule has 2 N–H and O–H groups in total. The molecule has 1 aromatic carbocycles. The fraction of sp³-hybridized carbons (Fsp3) is 0.480. The van der Waals surface area contributed by atoms with Crippen LogP contribution in [0.5, 0.6) is 0 Å². The maximum Gasteiger partial charge on any atom is 0.416 e. The Hall–Kier alpha value is -2.66. The van der Waals surface area contributed by atoms with Crippen molar-refractivity contribution in [2.75, 3.05) is 42.9 Å². The molecule has 1 aromatic heterocycles. The van der Waals surface area contributed by atoms with Crippen LogP contribution in [0.25, 0.3) is 0 Å². The highest BCUT2D eigenvalue weighted by atomic mass is 32.1. The van der Waals surface area contributed by atoms with Crippen LogP contribution in [0.1, 0.15) is 59.6 Å². The van der Waals surface area contributed by atoms with Crippen molar-refractivity contribution in [3.63, 3.8) is 0 Å². The van der Waals surface area contributed by atoms with Gasteiger partial charge in [-0.05, 0) is 63.0 Å². The van der Waals surface area contributed by atoms with E-state index in [0.29, 0.717) is 17.3 Å². The van der Waals surface area contributed by atoms with Gasteiger partial charge in [-0.15, -0.1) is 11.3 Å². The lowest BCUT2D eigenvalue weighted by molar-refractivity contribution is -0.137. The number of thiazole rings is 1. The molecule has 2 aliphatic rings. The summed E-state index contributed by atoms with van der Waals surface area (Å²) in [5.41, 5.74) is 1.21. The number of benzene rings is 1. The molecule has 0 atom stereocenters. The lowest BCUT2D eigenvalue weighted by Crippen LogP contribution is -2.44. The number of carbonyl (C=O) groups is 1. The minimum atomic E-state index is -4.49. The number of alkyl halides is 3. The Bertz CT molecular complexity index is 1120. The second-order valence-electron chi connectivity index (χ2n) is 9.33. The summed E-state index contributed by atoms with van der Waals surface area (Å²) >= 11 is 6.88. The van der Waals surface area contributed by atoms with Crippen LogP contribution in [0, 0.1) is 0 Å². The predicted octanol–water partition coefficient (Wildman–Crippen LogP) is 5.64. The number of piperidine rings is 1.